The highest BCUT2D eigenvalue weighted by atomic mass is 32.2. The fourth-order valence-corrected chi connectivity index (χ4v) is 2.04. The van der Waals surface area contributed by atoms with Gasteiger partial charge >= 0.3 is 0 Å². The van der Waals surface area contributed by atoms with Crippen LogP contribution in [-0.4, -0.2) is 22.0 Å². The molecule has 1 aliphatic heterocycles. The Morgan fingerprint density at radius 1 is 1.86 bits per heavy atom. The Hall–Kier alpha value is 0.660. The van der Waals surface area contributed by atoms with Crippen molar-refractivity contribution in [2.24, 2.45) is 0 Å². The summed E-state index contributed by atoms with van der Waals surface area (Å²) in [4.78, 5) is 0. The van der Waals surface area contributed by atoms with Crippen LogP contribution in [0.5, 0.6) is 0 Å². The maximum Gasteiger partial charge on any atom is 0.0548 e. The van der Waals surface area contributed by atoms with Gasteiger partial charge in [-0.1, -0.05) is 12.8 Å². The summed E-state index contributed by atoms with van der Waals surface area (Å²) in [6.07, 6.45) is 0. The van der Waals surface area contributed by atoms with Crippen molar-refractivity contribution >= 4 is 24.6 Å². The molecule has 0 aromatic carbocycles. The molecule has 0 aromatic rings. The third kappa shape index (κ3) is 1.27. The van der Waals surface area contributed by atoms with Crippen molar-refractivity contribution in [2.45, 2.75) is 13.0 Å². The standard InChI is InChI=1S/C4H9NS2/c1-4-2-7-3-5(4)6/h4,6H,2-3H2,1H3. The van der Waals surface area contributed by atoms with E-state index in [0.29, 0.717) is 6.04 Å². The first-order chi connectivity index (χ1) is 3.30. The fourth-order valence-electron chi connectivity index (χ4n) is 0.530. The molecule has 0 aliphatic carbocycles. The molecule has 0 amide bonds. The third-order valence-corrected chi connectivity index (χ3v) is 3.00. The first-order valence-corrected chi connectivity index (χ1v) is 3.89. The highest BCUT2D eigenvalue weighted by Gasteiger charge is 2.16. The van der Waals surface area contributed by atoms with Crippen molar-refractivity contribution in [1.82, 2.24) is 4.31 Å². The summed E-state index contributed by atoms with van der Waals surface area (Å²) in [5.41, 5.74) is 0. The number of hydrogen-bond acceptors (Lipinski definition) is 3. The molecule has 0 N–H and O–H groups in total. The normalized spacial score (nSPS) is 34.3. The molecule has 1 fully saturated rings. The Kier molecular flexibility index (Phi) is 1.89. The van der Waals surface area contributed by atoms with E-state index in [4.69, 9.17) is 0 Å². The Labute approximate surface area is 54.0 Å². The Balaban J connectivity index is 2.33. The van der Waals surface area contributed by atoms with Crippen molar-refractivity contribution in [3.8, 4) is 0 Å². The van der Waals surface area contributed by atoms with Gasteiger partial charge in [-0.3, -0.25) is 0 Å². The van der Waals surface area contributed by atoms with Gasteiger partial charge < -0.3 is 0 Å². The lowest BCUT2D eigenvalue weighted by Gasteiger charge is -2.08. The monoisotopic (exact) mass is 135 g/mol. The van der Waals surface area contributed by atoms with Crippen molar-refractivity contribution in [3.63, 3.8) is 0 Å². The van der Waals surface area contributed by atoms with Crippen LogP contribution in [0.25, 0.3) is 0 Å². The van der Waals surface area contributed by atoms with E-state index in [1.165, 1.54) is 5.75 Å². The molecule has 0 aromatic heterocycles. The van der Waals surface area contributed by atoms with E-state index in [1.807, 2.05) is 11.8 Å². The zero-order chi connectivity index (χ0) is 5.28. The van der Waals surface area contributed by atoms with Crippen LogP contribution in [-0.2, 0) is 0 Å². The van der Waals surface area contributed by atoms with Crippen LogP contribution in [0.15, 0.2) is 0 Å². The second-order valence-corrected chi connectivity index (χ2v) is 3.30. The van der Waals surface area contributed by atoms with Crippen molar-refractivity contribution in [2.75, 3.05) is 11.6 Å². The van der Waals surface area contributed by atoms with Gasteiger partial charge in [0.25, 0.3) is 0 Å². The topological polar surface area (TPSA) is 3.24 Å². The van der Waals surface area contributed by atoms with Gasteiger partial charge in [-0.25, -0.2) is 4.31 Å². The Morgan fingerprint density at radius 2 is 2.57 bits per heavy atom. The van der Waals surface area contributed by atoms with Gasteiger partial charge in [0.15, 0.2) is 0 Å². The zero-order valence-corrected chi connectivity index (χ0v) is 6.01. The number of nitrogens with zero attached hydrogens (tertiary/aromatic N) is 1. The average molecular weight is 135 g/mol. The van der Waals surface area contributed by atoms with E-state index in [2.05, 4.69) is 24.0 Å². The van der Waals surface area contributed by atoms with E-state index in [-0.39, 0.29) is 0 Å². The molecule has 1 unspecified atom stereocenters. The lowest BCUT2D eigenvalue weighted by molar-refractivity contribution is 0.489. The van der Waals surface area contributed by atoms with Gasteiger partial charge in [-0.15, -0.1) is 11.8 Å². The molecule has 0 saturated carbocycles. The molecule has 1 saturated heterocycles. The van der Waals surface area contributed by atoms with Crippen LogP contribution in [0.1, 0.15) is 6.92 Å². The summed E-state index contributed by atoms with van der Waals surface area (Å²) in [6.45, 7) is 2.19. The number of thiol groups is 1. The smallest absolute Gasteiger partial charge is 0.0548 e. The molecular weight excluding hydrogens is 126 g/mol. The van der Waals surface area contributed by atoms with Gasteiger partial charge in [0, 0.05) is 11.8 Å². The molecule has 1 nitrogen and oxygen atoms in total. The lowest BCUT2D eigenvalue weighted by Crippen LogP contribution is -2.16. The largest absolute Gasteiger partial charge is 0.240 e. The summed E-state index contributed by atoms with van der Waals surface area (Å²) < 4.78 is 2.06. The van der Waals surface area contributed by atoms with E-state index in [0.717, 1.165) is 5.88 Å². The van der Waals surface area contributed by atoms with Crippen LogP contribution in [0.4, 0.5) is 0 Å². The highest BCUT2D eigenvalue weighted by Crippen LogP contribution is 2.20. The van der Waals surface area contributed by atoms with Gasteiger partial charge in [0.05, 0.1) is 5.88 Å². The molecule has 0 spiro atoms. The SMILES string of the molecule is CC1CSCN1S. The summed E-state index contributed by atoms with van der Waals surface area (Å²) in [5.74, 6) is 2.33. The minimum atomic E-state index is 0.674. The molecule has 1 atom stereocenters. The molecule has 42 valence electrons. The van der Waals surface area contributed by atoms with Crippen LogP contribution in [0, 0.1) is 0 Å². The maximum absolute atomic E-state index is 4.20. The number of rotatable bonds is 0. The minimum Gasteiger partial charge on any atom is -0.240 e. The summed E-state index contributed by atoms with van der Waals surface area (Å²) >= 11 is 6.14. The van der Waals surface area contributed by atoms with E-state index in [9.17, 15) is 0 Å². The third-order valence-electron chi connectivity index (χ3n) is 1.09. The molecule has 3 heteroatoms. The average Bonchev–Trinajstić information content (AvgIpc) is 1.91. The van der Waals surface area contributed by atoms with Crippen molar-refractivity contribution in [1.29, 1.82) is 0 Å². The first kappa shape index (κ1) is 5.79. The zero-order valence-electron chi connectivity index (χ0n) is 4.29. The maximum atomic E-state index is 4.20. The molecule has 0 bridgehead atoms. The van der Waals surface area contributed by atoms with E-state index < -0.39 is 0 Å². The summed E-state index contributed by atoms with van der Waals surface area (Å²) in [6, 6.07) is 0.674. The van der Waals surface area contributed by atoms with Gasteiger partial charge in [0.2, 0.25) is 0 Å². The quantitative estimate of drug-likeness (QED) is 0.498. The summed E-state index contributed by atoms with van der Waals surface area (Å²) in [5, 5.41) is 0. The van der Waals surface area contributed by atoms with E-state index >= 15 is 0 Å². The summed E-state index contributed by atoms with van der Waals surface area (Å²) in [7, 11) is 0. The van der Waals surface area contributed by atoms with Crippen LogP contribution >= 0.6 is 24.6 Å². The molecular formula is C4H9NS2. The van der Waals surface area contributed by atoms with Crippen LogP contribution in [0.3, 0.4) is 0 Å². The van der Waals surface area contributed by atoms with Crippen molar-refractivity contribution < 1.29 is 0 Å². The minimum absolute atomic E-state index is 0.674. The Morgan fingerprint density at radius 3 is 2.71 bits per heavy atom. The van der Waals surface area contributed by atoms with Gasteiger partial charge in [0.1, 0.15) is 0 Å². The number of thioether (sulfide) groups is 1. The highest BCUT2D eigenvalue weighted by molar-refractivity contribution is 8.00. The molecule has 1 rings (SSSR count). The van der Waals surface area contributed by atoms with Crippen LogP contribution in [0.2, 0.25) is 0 Å². The second-order valence-electron chi connectivity index (χ2n) is 1.79. The molecule has 0 radical (unpaired) electrons. The van der Waals surface area contributed by atoms with Crippen LogP contribution < -0.4 is 0 Å². The predicted octanol–water partition coefficient (Wildman–Crippen LogP) is 1.23. The number of hydrogen-bond donors (Lipinski definition) is 1. The second kappa shape index (κ2) is 2.29. The predicted molar refractivity (Wildman–Crippen MR) is 37.6 cm³/mol. The van der Waals surface area contributed by atoms with Gasteiger partial charge in [-0.05, 0) is 6.92 Å². The van der Waals surface area contributed by atoms with Gasteiger partial charge in [-0.2, -0.15) is 0 Å². The molecule has 1 aliphatic rings. The fraction of sp³-hybridized carbons (Fsp3) is 1.00. The van der Waals surface area contributed by atoms with Crippen molar-refractivity contribution in [3.05, 3.63) is 0 Å². The molecule has 7 heavy (non-hydrogen) atoms. The molecule has 1 heterocycles. The van der Waals surface area contributed by atoms with E-state index in [1.54, 1.807) is 0 Å². The first-order valence-electron chi connectivity index (χ1n) is 2.34. The lowest BCUT2D eigenvalue weighted by atomic mass is 10.4. The Bertz CT molecular complexity index is 58.7.